The number of aliphatic hydroxyl groups excluding tert-OH is 1. The van der Waals surface area contributed by atoms with Crippen LogP contribution in [0.15, 0.2) is 47.8 Å². The second-order valence-corrected chi connectivity index (χ2v) is 3.48. The first-order valence-electron chi connectivity index (χ1n) is 5.10. The van der Waals surface area contributed by atoms with Gasteiger partial charge in [0.25, 0.3) is 0 Å². The van der Waals surface area contributed by atoms with Crippen molar-refractivity contribution in [2.45, 2.75) is 6.10 Å². The van der Waals surface area contributed by atoms with Crippen molar-refractivity contribution in [2.75, 3.05) is 6.54 Å². The van der Waals surface area contributed by atoms with Crippen LogP contribution in [0.3, 0.4) is 0 Å². The van der Waals surface area contributed by atoms with Gasteiger partial charge in [0.2, 0.25) is 0 Å². The van der Waals surface area contributed by atoms with E-state index in [9.17, 15) is 5.11 Å². The van der Waals surface area contributed by atoms with Crippen LogP contribution in [0.4, 0.5) is 0 Å². The Morgan fingerprint density at radius 1 is 1.41 bits per heavy atom. The van der Waals surface area contributed by atoms with Crippen molar-refractivity contribution in [1.82, 2.24) is 9.78 Å². The molecule has 1 atom stereocenters. The summed E-state index contributed by atoms with van der Waals surface area (Å²) >= 11 is 0. The van der Waals surface area contributed by atoms with E-state index < -0.39 is 6.10 Å². The molecular weight excluding hydrogens is 218 g/mol. The highest BCUT2D eigenvalue weighted by Gasteiger charge is 2.09. The quantitative estimate of drug-likeness (QED) is 0.495. The fourth-order valence-electron chi connectivity index (χ4n) is 1.45. The summed E-state index contributed by atoms with van der Waals surface area (Å²) in [6.45, 7) is 0.0109. The first kappa shape index (κ1) is 11.2. The zero-order valence-electron chi connectivity index (χ0n) is 9.01. The second-order valence-electron chi connectivity index (χ2n) is 3.48. The van der Waals surface area contributed by atoms with Crippen LogP contribution < -0.4 is 0 Å². The Hall–Kier alpha value is -2.30. The van der Waals surface area contributed by atoms with Gasteiger partial charge in [-0.25, -0.2) is 4.68 Å². The number of benzene rings is 1. The highest BCUT2D eigenvalue weighted by Crippen LogP contribution is 2.14. The molecule has 6 heteroatoms. The van der Waals surface area contributed by atoms with E-state index >= 15 is 0 Å². The standard InChI is InChI=1S/C11H11N5O/c12-15-13-7-11(17)9-6-14-16(8-9)10-4-2-1-3-5-10/h1-6,8,11,17H,7H2/t11-/m0/s1. The second kappa shape index (κ2) is 5.16. The Kier molecular flexibility index (Phi) is 3.40. The van der Waals surface area contributed by atoms with Crippen LogP contribution in [0.1, 0.15) is 11.7 Å². The van der Waals surface area contributed by atoms with Gasteiger partial charge in [0, 0.05) is 16.7 Å². The maximum absolute atomic E-state index is 9.69. The minimum atomic E-state index is -0.816. The number of aromatic nitrogens is 2. The maximum Gasteiger partial charge on any atom is 0.0877 e. The summed E-state index contributed by atoms with van der Waals surface area (Å²) < 4.78 is 1.66. The highest BCUT2D eigenvalue weighted by atomic mass is 16.3. The molecule has 0 amide bonds. The maximum atomic E-state index is 9.69. The van der Waals surface area contributed by atoms with Crippen molar-refractivity contribution in [2.24, 2.45) is 5.11 Å². The van der Waals surface area contributed by atoms with E-state index in [1.165, 1.54) is 0 Å². The normalized spacial score (nSPS) is 11.8. The lowest BCUT2D eigenvalue weighted by molar-refractivity contribution is 0.187. The minimum absolute atomic E-state index is 0.0109. The molecule has 0 fully saturated rings. The van der Waals surface area contributed by atoms with Gasteiger partial charge in [-0.2, -0.15) is 5.10 Å². The van der Waals surface area contributed by atoms with E-state index in [0.717, 1.165) is 5.69 Å². The number of para-hydroxylation sites is 1. The van der Waals surface area contributed by atoms with Crippen LogP contribution in [0.2, 0.25) is 0 Å². The van der Waals surface area contributed by atoms with Crippen LogP contribution in [0.5, 0.6) is 0 Å². The number of nitrogens with zero attached hydrogens (tertiary/aromatic N) is 5. The largest absolute Gasteiger partial charge is 0.388 e. The third-order valence-corrected chi connectivity index (χ3v) is 2.33. The van der Waals surface area contributed by atoms with Crippen LogP contribution in [-0.4, -0.2) is 21.4 Å². The summed E-state index contributed by atoms with van der Waals surface area (Å²) in [4.78, 5) is 2.60. The number of hydrogen-bond donors (Lipinski definition) is 1. The summed E-state index contributed by atoms with van der Waals surface area (Å²) in [7, 11) is 0. The molecule has 0 aliphatic rings. The zero-order valence-corrected chi connectivity index (χ0v) is 9.01. The molecular formula is C11H11N5O. The molecule has 0 saturated carbocycles. The zero-order chi connectivity index (χ0) is 12.1. The van der Waals surface area contributed by atoms with Gasteiger partial charge in [0.15, 0.2) is 0 Å². The lowest BCUT2D eigenvalue weighted by Crippen LogP contribution is -1.99. The molecule has 1 aromatic carbocycles. The van der Waals surface area contributed by atoms with Gasteiger partial charge in [-0.1, -0.05) is 23.3 Å². The predicted molar refractivity (Wildman–Crippen MR) is 62.5 cm³/mol. The van der Waals surface area contributed by atoms with Gasteiger partial charge in [-0.3, -0.25) is 0 Å². The number of azide groups is 1. The smallest absolute Gasteiger partial charge is 0.0877 e. The van der Waals surface area contributed by atoms with Gasteiger partial charge >= 0.3 is 0 Å². The molecule has 17 heavy (non-hydrogen) atoms. The lowest BCUT2D eigenvalue weighted by atomic mass is 10.2. The van der Waals surface area contributed by atoms with Crippen molar-refractivity contribution in [1.29, 1.82) is 0 Å². The molecule has 1 aromatic heterocycles. The van der Waals surface area contributed by atoms with Crippen molar-refractivity contribution in [3.63, 3.8) is 0 Å². The summed E-state index contributed by atoms with van der Waals surface area (Å²) in [5.74, 6) is 0. The van der Waals surface area contributed by atoms with Crippen LogP contribution >= 0.6 is 0 Å². The molecule has 0 aliphatic heterocycles. The molecule has 0 spiro atoms. The SMILES string of the molecule is [N-]=[N+]=NC[C@H](O)c1cnn(-c2ccccc2)c1. The van der Waals surface area contributed by atoms with E-state index in [1.54, 1.807) is 17.1 Å². The van der Waals surface area contributed by atoms with Gasteiger partial charge in [0.05, 0.1) is 24.5 Å². The third-order valence-electron chi connectivity index (χ3n) is 2.33. The fraction of sp³-hybridized carbons (Fsp3) is 0.182. The molecule has 0 unspecified atom stereocenters. The molecule has 0 aliphatic carbocycles. The summed E-state index contributed by atoms with van der Waals surface area (Å²) in [5, 5.41) is 17.2. The first-order chi connectivity index (χ1) is 8.31. The Morgan fingerprint density at radius 2 is 2.18 bits per heavy atom. The highest BCUT2D eigenvalue weighted by molar-refractivity contribution is 5.31. The minimum Gasteiger partial charge on any atom is -0.388 e. The molecule has 2 aromatic rings. The van der Waals surface area contributed by atoms with Crippen LogP contribution in [0.25, 0.3) is 16.1 Å². The lowest BCUT2D eigenvalue weighted by Gasteiger charge is -2.03. The fourth-order valence-corrected chi connectivity index (χ4v) is 1.45. The Balaban J connectivity index is 2.19. The van der Waals surface area contributed by atoms with E-state index in [2.05, 4.69) is 15.1 Å². The monoisotopic (exact) mass is 229 g/mol. The number of aliphatic hydroxyl groups is 1. The van der Waals surface area contributed by atoms with Crippen LogP contribution in [0, 0.1) is 0 Å². The number of rotatable bonds is 4. The first-order valence-corrected chi connectivity index (χ1v) is 5.10. The molecule has 0 radical (unpaired) electrons. The Labute approximate surface area is 97.8 Å². The average molecular weight is 229 g/mol. The molecule has 1 heterocycles. The summed E-state index contributed by atoms with van der Waals surface area (Å²) in [6, 6.07) is 9.57. The van der Waals surface area contributed by atoms with E-state index in [1.807, 2.05) is 30.3 Å². The average Bonchev–Trinajstić information content (AvgIpc) is 2.86. The molecule has 6 nitrogen and oxygen atoms in total. The predicted octanol–water partition coefficient (Wildman–Crippen LogP) is 2.22. The van der Waals surface area contributed by atoms with Crippen LogP contribution in [-0.2, 0) is 0 Å². The van der Waals surface area contributed by atoms with E-state index in [4.69, 9.17) is 5.53 Å². The Bertz CT molecular complexity index is 530. The van der Waals surface area contributed by atoms with Gasteiger partial charge in [0.1, 0.15) is 0 Å². The van der Waals surface area contributed by atoms with E-state index in [-0.39, 0.29) is 6.54 Å². The Morgan fingerprint density at radius 3 is 2.88 bits per heavy atom. The van der Waals surface area contributed by atoms with Crippen molar-refractivity contribution in [3.8, 4) is 5.69 Å². The van der Waals surface area contributed by atoms with Crippen molar-refractivity contribution < 1.29 is 5.11 Å². The van der Waals surface area contributed by atoms with Gasteiger partial charge in [-0.15, -0.1) is 0 Å². The van der Waals surface area contributed by atoms with Crippen molar-refractivity contribution in [3.05, 3.63) is 58.7 Å². The molecule has 0 bridgehead atoms. The molecule has 1 N–H and O–H groups in total. The topological polar surface area (TPSA) is 86.8 Å². The molecule has 86 valence electrons. The van der Waals surface area contributed by atoms with Crippen molar-refractivity contribution >= 4 is 0 Å². The molecule has 2 rings (SSSR count). The van der Waals surface area contributed by atoms with Gasteiger partial charge < -0.3 is 5.11 Å². The summed E-state index contributed by atoms with van der Waals surface area (Å²) in [5.41, 5.74) is 9.71. The summed E-state index contributed by atoms with van der Waals surface area (Å²) in [6.07, 6.45) is 2.46. The molecule has 0 saturated heterocycles. The third kappa shape index (κ3) is 2.63. The number of hydrogen-bond acceptors (Lipinski definition) is 3. The van der Waals surface area contributed by atoms with E-state index in [0.29, 0.717) is 5.56 Å². The van der Waals surface area contributed by atoms with Gasteiger partial charge in [-0.05, 0) is 17.7 Å².